The Morgan fingerprint density at radius 2 is 2.11 bits per heavy atom. The Morgan fingerprint density at radius 1 is 1.28 bits per heavy atom. The van der Waals surface area contributed by atoms with Gasteiger partial charge in [0.15, 0.2) is 0 Å². The highest BCUT2D eigenvalue weighted by molar-refractivity contribution is 7.99. The minimum absolute atomic E-state index is 0.537. The van der Waals surface area contributed by atoms with Crippen LogP contribution in [0, 0.1) is 6.92 Å². The number of nitrogens with one attached hydrogen (secondary N) is 1. The second kappa shape index (κ2) is 7.01. The minimum atomic E-state index is 0.537. The monoisotopic (exact) mass is 261 g/mol. The highest BCUT2D eigenvalue weighted by Gasteiger charge is 2.14. The lowest BCUT2D eigenvalue weighted by molar-refractivity contribution is 0.608. The van der Waals surface area contributed by atoms with Gasteiger partial charge in [0, 0.05) is 16.7 Å². The summed E-state index contributed by atoms with van der Waals surface area (Å²) in [5, 5.41) is 3.47. The van der Waals surface area contributed by atoms with Crippen molar-refractivity contribution in [3.63, 3.8) is 0 Å². The summed E-state index contributed by atoms with van der Waals surface area (Å²) in [6, 6.07) is 9.19. The molecule has 0 radical (unpaired) electrons. The molecule has 1 unspecified atom stereocenters. The van der Waals surface area contributed by atoms with Crippen molar-refractivity contribution in [1.29, 1.82) is 0 Å². The molecule has 0 aliphatic heterocycles. The molecule has 0 saturated heterocycles. The number of hydrogen-bond acceptors (Lipinski definition) is 2. The van der Waals surface area contributed by atoms with Crippen molar-refractivity contribution in [3.05, 3.63) is 41.5 Å². The molecule has 1 aromatic rings. The lowest BCUT2D eigenvalue weighted by atomic mass is 9.95. The van der Waals surface area contributed by atoms with Crippen molar-refractivity contribution in [2.45, 2.75) is 43.5 Å². The van der Waals surface area contributed by atoms with Gasteiger partial charge in [0.05, 0.1) is 0 Å². The summed E-state index contributed by atoms with van der Waals surface area (Å²) in [7, 11) is 2.08. The van der Waals surface area contributed by atoms with Crippen molar-refractivity contribution >= 4 is 11.8 Å². The van der Waals surface area contributed by atoms with E-state index in [1.165, 1.54) is 36.1 Å². The van der Waals surface area contributed by atoms with Crippen LogP contribution in [0.1, 0.15) is 31.2 Å². The summed E-state index contributed by atoms with van der Waals surface area (Å²) < 4.78 is 0. The molecule has 1 aliphatic carbocycles. The second-order valence-corrected chi connectivity index (χ2v) is 6.00. The molecule has 0 fully saturated rings. The maximum atomic E-state index is 3.47. The summed E-state index contributed by atoms with van der Waals surface area (Å²) in [5.74, 6) is 1.13. The van der Waals surface area contributed by atoms with Gasteiger partial charge < -0.3 is 5.32 Å². The molecular formula is C16H23NS. The number of rotatable bonds is 5. The molecule has 0 heterocycles. The van der Waals surface area contributed by atoms with Gasteiger partial charge in [-0.05, 0) is 51.3 Å². The quantitative estimate of drug-likeness (QED) is 0.630. The van der Waals surface area contributed by atoms with Crippen LogP contribution in [0.15, 0.2) is 40.8 Å². The van der Waals surface area contributed by atoms with Crippen LogP contribution in [0.4, 0.5) is 0 Å². The predicted octanol–water partition coefficient (Wildman–Crippen LogP) is 4.18. The van der Waals surface area contributed by atoms with E-state index < -0.39 is 0 Å². The van der Waals surface area contributed by atoms with E-state index in [2.05, 4.69) is 49.6 Å². The van der Waals surface area contributed by atoms with Crippen molar-refractivity contribution in [2.24, 2.45) is 0 Å². The summed E-state index contributed by atoms with van der Waals surface area (Å²) in [5.41, 5.74) is 3.00. The van der Waals surface area contributed by atoms with Crippen LogP contribution in [-0.2, 0) is 0 Å². The first kappa shape index (κ1) is 13.7. The van der Waals surface area contributed by atoms with Crippen LogP contribution in [0.3, 0.4) is 0 Å². The lowest BCUT2D eigenvalue weighted by Crippen LogP contribution is -2.30. The van der Waals surface area contributed by atoms with Crippen LogP contribution in [0.25, 0.3) is 0 Å². The Kier molecular flexibility index (Phi) is 5.33. The van der Waals surface area contributed by atoms with Gasteiger partial charge in [0.1, 0.15) is 0 Å². The highest BCUT2D eigenvalue weighted by Crippen LogP contribution is 2.27. The van der Waals surface area contributed by atoms with Crippen LogP contribution >= 0.6 is 11.8 Å². The van der Waals surface area contributed by atoms with Gasteiger partial charge in [0.25, 0.3) is 0 Å². The van der Waals surface area contributed by atoms with Gasteiger partial charge in [-0.15, -0.1) is 11.8 Å². The van der Waals surface area contributed by atoms with Gasteiger partial charge in [-0.3, -0.25) is 0 Å². The molecule has 0 bridgehead atoms. The molecular weight excluding hydrogens is 238 g/mol. The number of thioether (sulfide) groups is 1. The number of allylic oxidation sites excluding steroid dienone is 1. The van der Waals surface area contributed by atoms with E-state index in [0.717, 1.165) is 5.75 Å². The fourth-order valence-corrected chi connectivity index (χ4v) is 3.64. The van der Waals surface area contributed by atoms with E-state index in [0.29, 0.717) is 6.04 Å². The van der Waals surface area contributed by atoms with Crippen LogP contribution in [0.5, 0.6) is 0 Å². The van der Waals surface area contributed by atoms with Crippen molar-refractivity contribution < 1.29 is 0 Å². The summed E-state index contributed by atoms with van der Waals surface area (Å²) in [6.45, 7) is 2.19. The lowest BCUT2D eigenvalue weighted by Gasteiger charge is -2.22. The zero-order valence-electron chi connectivity index (χ0n) is 11.4. The van der Waals surface area contributed by atoms with Crippen molar-refractivity contribution in [1.82, 2.24) is 5.32 Å². The molecule has 2 heteroatoms. The highest BCUT2D eigenvalue weighted by atomic mass is 32.2. The Balaban J connectivity index is 1.95. The van der Waals surface area contributed by atoms with Gasteiger partial charge >= 0.3 is 0 Å². The first-order chi connectivity index (χ1) is 8.81. The van der Waals surface area contributed by atoms with Gasteiger partial charge in [-0.2, -0.15) is 0 Å². The standard InChI is InChI=1S/C16H23NS/c1-13-8-6-7-11-16(13)18-12-15(17-2)14-9-4-3-5-10-14/h6-9,11,15,17H,3-5,10,12H2,1-2H3. The Morgan fingerprint density at radius 3 is 2.78 bits per heavy atom. The topological polar surface area (TPSA) is 12.0 Å². The zero-order chi connectivity index (χ0) is 12.8. The fourth-order valence-electron chi connectivity index (χ4n) is 2.45. The van der Waals surface area contributed by atoms with E-state index in [4.69, 9.17) is 0 Å². The second-order valence-electron chi connectivity index (χ2n) is 4.94. The normalized spacial score (nSPS) is 17.3. The molecule has 1 atom stereocenters. The number of aryl methyl sites for hydroxylation is 1. The third kappa shape index (κ3) is 3.63. The van der Waals surface area contributed by atoms with Crippen molar-refractivity contribution in [2.75, 3.05) is 12.8 Å². The third-order valence-electron chi connectivity index (χ3n) is 3.62. The largest absolute Gasteiger partial charge is 0.313 e. The average Bonchev–Trinajstić information content (AvgIpc) is 2.42. The van der Waals surface area contributed by atoms with E-state index in [-0.39, 0.29) is 0 Å². The molecule has 0 spiro atoms. The number of benzene rings is 1. The van der Waals surface area contributed by atoms with Crippen LogP contribution in [-0.4, -0.2) is 18.8 Å². The van der Waals surface area contributed by atoms with Crippen LogP contribution in [0.2, 0.25) is 0 Å². The van der Waals surface area contributed by atoms with E-state index in [1.807, 2.05) is 11.8 Å². The molecule has 1 N–H and O–H groups in total. The molecule has 0 saturated carbocycles. The first-order valence-electron chi connectivity index (χ1n) is 6.86. The Hall–Kier alpha value is -0.730. The summed E-state index contributed by atoms with van der Waals surface area (Å²) >= 11 is 1.97. The maximum Gasteiger partial charge on any atom is 0.0371 e. The molecule has 98 valence electrons. The van der Waals surface area contributed by atoms with Crippen LogP contribution < -0.4 is 5.32 Å². The predicted molar refractivity (Wildman–Crippen MR) is 81.3 cm³/mol. The average molecular weight is 261 g/mol. The summed E-state index contributed by atoms with van der Waals surface area (Å²) in [4.78, 5) is 1.41. The van der Waals surface area contributed by atoms with Gasteiger partial charge in [-0.1, -0.05) is 29.8 Å². The smallest absolute Gasteiger partial charge is 0.0371 e. The first-order valence-corrected chi connectivity index (χ1v) is 7.84. The van der Waals surface area contributed by atoms with Gasteiger partial charge in [0.2, 0.25) is 0 Å². The van der Waals surface area contributed by atoms with E-state index in [9.17, 15) is 0 Å². The van der Waals surface area contributed by atoms with E-state index in [1.54, 1.807) is 5.57 Å². The Bertz CT molecular complexity index is 411. The Labute approximate surface area is 115 Å². The molecule has 2 rings (SSSR count). The molecule has 1 nitrogen and oxygen atoms in total. The molecule has 0 aromatic heterocycles. The number of likely N-dealkylation sites (N-methyl/N-ethyl adjacent to an activating group) is 1. The van der Waals surface area contributed by atoms with Gasteiger partial charge in [-0.25, -0.2) is 0 Å². The third-order valence-corrected chi connectivity index (χ3v) is 4.89. The molecule has 0 amide bonds. The SMILES string of the molecule is CNC(CSc1ccccc1C)C1=CCCCC1. The summed E-state index contributed by atoms with van der Waals surface area (Å²) in [6.07, 6.45) is 7.72. The maximum absolute atomic E-state index is 3.47. The molecule has 1 aromatic carbocycles. The fraction of sp³-hybridized carbons (Fsp3) is 0.500. The zero-order valence-corrected chi connectivity index (χ0v) is 12.2. The molecule has 1 aliphatic rings. The molecule has 18 heavy (non-hydrogen) atoms. The number of hydrogen-bond donors (Lipinski definition) is 1. The van der Waals surface area contributed by atoms with E-state index >= 15 is 0 Å². The van der Waals surface area contributed by atoms with Crippen molar-refractivity contribution in [3.8, 4) is 0 Å². The minimum Gasteiger partial charge on any atom is -0.313 e.